The van der Waals surface area contributed by atoms with E-state index in [1.165, 1.54) is 10.9 Å². The van der Waals surface area contributed by atoms with Gasteiger partial charge in [0.05, 0.1) is 12.6 Å². The average Bonchev–Trinajstić information content (AvgIpc) is 2.91. The van der Waals surface area contributed by atoms with Crippen molar-refractivity contribution in [1.82, 2.24) is 5.32 Å². The van der Waals surface area contributed by atoms with Crippen LogP contribution in [0.2, 0.25) is 0 Å². The lowest BCUT2D eigenvalue weighted by Crippen LogP contribution is -2.25. The van der Waals surface area contributed by atoms with Crippen LogP contribution in [0.4, 0.5) is 4.39 Å². The Balaban J connectivity index is 1.94. The first-order chi connectivity index (χ1) is 10.3. The molecule has 2 aromatic rings. The molecule has 3 rings (SSSR count). The summed E-state index contributed by atoms with van der Waals surface area (Å²) in [7, 11) is 0. The van der Waals surface area contributed by atoms with E-state index in [0.717, 1.165) is 48.3 Å². The Hall–Kier alpha value is -1.39. The van der Waals surface area contributed by atoms with E-state index in [-0.39, 0.29) is 11.9 Å². The van der Waals surface area contributed by atoms with Gasteiger partial charge in [-0.25, -0.2) is 4.39 Å². The molecule has 0 radical (unpaired) electrons. The van der Waals surface area contributed by atoms with Crippen LogP contribution in [-0.2, 0) is 4.74 Å². The highest BCUT2D eigenvalue weighted by molar-refractivity contribution is 7.19. The molecular weight excluding hydrogens is 285 g/mol. The molecule has 2 nitrogen and oxygen atoms in total. The molecular formula is C17H20FNOS. The lowest BCUT2D eigenvalue weighted by Gasteiger charge is -2.24. The Kier molecular flexibility index (Phi) is 4.56. The molecule has 1 aliphatic heterocycles. The third kappa shape index (κ3) is 3.27. The second-order valence-electron chi connectivity index (χ2n) is 5.32. The van der Waals surface area contributed by atoms with E-state index in [9.17, 15) is 4.39 Å². The van der Waals surface area contributed by atoms with Gasteiger partial charge in [0.25, 0.3) is 0 Å². The predicted molar refractivity (Wildman–Crippen MR) is 86.1 cm³/mol. The van der Waals surface area contributed by atoms with Gasteiger partial charge >= 0.3 is 0 Å². The third-order valence-electron chi connectivity index (χ3n) is 3.63. The summed E-state index contributed by atoms with van der Waals surface area (Å²) < 4.78 is 20.3. The number of benzene rings is 1. The molecule has 0 aliphatic carbocycles. The Labute approximate surface area is 128 Å². The van der Waals surface area contributed by atoms with Crippen molar-refractivity contribution in [2.75, 3.05) is 13.2 Å². The van der Waals surface area contributed by atoms with Crippen LogP contribution in [0.3, 0.4) is 0 Å². The molecule has 112 valence electrons. The zero-order valence-electron chi connectivity index (χ0n) is 12.2. The molecule has 1 N–H and O–H groups in total. The van der Waals surface area contributed by atoms with Crippen LogP contribution in [0.15, 0.2) is 36.1 Å². The number of ether oxygens (including phenoxy) is 1. The van der Waals surface area contributed by atoms with Gasteiger partial charge in [0.1, 0.15) is 11.6 Å². The third-order valence-corrected chi connectivity index (χ3v) is 4.81. The number of nitrogens with one attached hydrogen (secondary N) is 1. The van der Waals surface area contributed by atoms with E-state index in [1.54, 1.807) is 17.4 Å². The monoisotopic (exact) mass is 305 g/mol. The van der Waals surface area contributed by atoms with Crippen LogP contribution >= 0.6 is 11.3 Å². The first-order valence-corrected chi connectivity index (χ1v) is 8.35. The number of allylic oxidation sites excluding steroid dienone is 1. The van der Waals surface area contributed by atoms with Gasteiger partial charge in [-0.05, 0) is 61.5 Å². The Morgan fingerprint density at radius 2 is 2.29 bits per heavy atom. The standard InChI is InChI=1S/C17H20FNOS/c1-2-8-19-17(14-5-3-4-9-20-14)16-11-12-10-13(18)6-7-15(12)21-16/h5-7,10-11,17,19H,2-4,8-9H2,1H3. The molecule has 1 aliphatic rings. The molecule has 0 spiro atoms. The van der Waals surface area contributed by atoms with E-state index < -0.39 is 0 Å². The van der Waals surface area contributed by atoms with E-state index in [2.05, 4.69) is 24.4 Å². The first-order valence-electron chi connectivity index (χ1n) is 7.53. The number of thiophene rings is 1. The Morgan fingerprint density at radius 3 is 3.05 bits per heavy atom. The maximum atomic E-state index is 13.4. The van der Waals surface area contributed by atoms with Gasteiger partial charge in [-0.2, -0.15) is 0 Å². The summed E-state index contributed by atoms with van der Waals surface area (Å²) in [6.45, 7) is 3.88. The molecule has 4 heteroatoms. The van der Waals surface area contributed by atoms with E-state index >= 15 is 0 Å². The molecule has 0 fully saturated rings. The quantitative estimate of drug-likeness (QED) is 0.858. The molecule has 0 saturated heterocycles. The topological polar surface area (TPSA) is 21.3 Å². The number of halogens is 1. The van der Waals surface area contributed by atoms with Gasteiger partial charge in [0.2, 0.25) is 0 Å². The van der Waals surface area contributed by atoms with Gasteiger partial charge in [-0.15, -0.1) is 11.3 Å². The number of rotatable bonds is 5. The van der Waals surface area contributed by atoms with Crippen molar-refractivity contribution in [3.8, 4) is 0 Å². The lowest BCUT2D eigenvalue weighted by molar-refractivity contribution is 0.168. The van der Waals surface area contributed by atoms with Crippen molar-refractivity contribution in [3.05, 3.63) is 46.8 Å². The van der Waals surface area contributed by atoms with Crippen LogP contribution < -0.4 is 5.32 Å². The Morgan fingerprint density at radius 1 is 1.38 bits per heavy atom. The largest absolute Gasteiger partial charge is 0.496 e. The SMILES string of the molecule is CCCNC(C1=CCCCO1)c1cc2cc(F)ccc2s1. The second-order valence-corrected chi connectivity index (χ2v) is 6.43. The molecule has 1 atom stereocenters. The zero-order valence-corrected chi connectivity index (χ0v) is 13.0. The van der Waals surface area contributed by atoms with Crippen molar-refractivity contribution in [2.24, 2.45) is 0 Å². The summed E-state index contributed by atoms with van der Waals surface area (Å²) >= 11 is 1.71. The van der Waals surface area contributed by atoms with Crippen LogP contribution in [0, 0.1) is 5.82 Å². The Bertz CT molecular complexity index is 649. The second kappa shape index (κ2) is 6.58. The molecule has 1 aromatic heterocycles. The van der Waals surface area contributed by atoms with Crippen LogP contribution in [-0.4, -0.2) is 13.2 Å². The molecule has 1 unspecified atom stereocenters. The fourth-order valence-corrected chi connectivity index (χ4v) is 3.71. The smallest absolute Gasteiger partial charge is 0.123 e. The molecule has 0 saturated carbocycles. The molecule has 0 amide bonds. The predicted octanol–water partition coefficient (Wildman–Crippen LogP) is 4.78. The van der Waals surface area contributed by atoms with E-state index in [4.69, 9.17) is 4.74 Å². The summed E-state index contributed by atoms with van der Waals surface area (Å²) in [5, 5.41) is 4.52. The van der Waals surface area contributed by atoms with Crippen molar-refractivity contribution in [3.63, 3.8) is 0 Å². The van der Waals surface area contributed by atoms with Crippen LogP contribution in [0.25, 0.3) is 10.1 Å². The van der Waals surface area contributed by atoms with Gasteiger partial charge < -0.3 is 10.1 Å². The van der Waals surface area contributed by atoms with Crippen LogP contribution in [0.1, 0.15) is 37.1 Å². The minimum absolute atomic E-state index is 0.0886. The number of fused-ring (bicyclic) bond motifs is 1. The normalized spacial score (nSPS) is 16.6. The maximum Gasteiger partial charge on any atom is 0.123 e. The minimum Gasteiger partial charge on any atom is -0.496 e. The van der Waals surface area contributed by atoms with Gasteiger partial charge in [-0.1, -0.05) is 6.92 Å². The summed E-state index contributed by atoms with van der Waals surface area (Å²) in [5.74, 6) is 0.833. The summed E-state index contributed by atoms with van der Waals surface area (Å²) in [4.78, 5) is 1.19. The van der Waals surface area contributed by atoms with Crippen molar-refractivity contribution in [2.45, 2.75) is 32.2 Å². The molecule has 2 heterocycles. The van der Waals surface area contributed by atoms with E-state index in [1.807, 2.05) is 6.07 Å². The highest BCUT2D eigenvalue weighted by atomic mass is 32.1. The van der Waals surface area contributed by atoms with Crippen molar-refractivity contribution in [1.29, 1.82) is 0 Å². The average molecular weight is 305 g/mol. The zero-order chi connectivity index (χ0) is 14.7. The number of hydrogen-bond donors (Lipinski definition) is 1. The molecule has 21 heavy (non-hydrogen) atoms. The van der Waals surface area contributed by atoms with Crippen molar-refractivity contribution < 1.29 is 9.13 Å². The first kappa shape index (κ1) is 14.5. The van der Waals surface area contributed by atoms with Crippen molar-refractivity contribution >= 4 is 21.4 Å². The van der Waals surface area contributed by atoms with Gasteiger partial charge in [-0.3, -0.25) is 0 Å². The minimum atomic E-state index is -0.182. The molecule has 0 bridgehead atoms. The summed E-state index contributed by atoms with van der Waals surface area (Å²) in [6.07, 6.45) is 5.41. The van der Waals surface area contributed by atoms with Gasteiger partial charge in [0.15, 0.2) is 0 Å². The van der Waals surface area contributed by atoms with E-state index in [0.29, 0.717) is 0 Å². The summed E-state index contributed by atoms with van der Waals surface area (Å²) in [6, 6.07) is 7.14. The fourth-order valence-electron chi connectivity index (χ4n) is 2.58. The van der Waals surface area contributed by atoms with Gasteiger partial charge in [0, 0.05) is 9.58 Å². The highest BCUT2D eigenvalue weighted by Crippen LogP contribution is 2.35. The molecule has 1 aromatic carbocycles. The lowest BCUT2D eigenvalue weighted by atomic mass is 10.1. The maximum absolute atomic E-state index is 13.4. The number of hydrogen-bond acceptors (Lipinski definition) is 3. The van der Waals surface area contributed by atoms with Crippen LogP contribution in [0.5, 0.6) is 0 Å². The fraction of sp³-hybridized carbons (Fsp3) is 0.412. The summed E-state index contributed by atoms with van der Waals surface area (Å²) in [5.41, 5.74) is 0. The highest BCUT2D eigenvalue weighted by Gasteiger charge is 2.21.